The highest BCUT2D eigenvalue weighted by Gasteiger charge is 2.24. The van der Waals surface area contributed by atoms with E-state index < -0.39 is 0 Å². The second-order valence-corrected chi connectivity index (χ2v) is 7.83. The number of para-hydroxylation sites is 1. The fourth-order valence-electron chi connectivity index (χ4n) is 3.02. The second kappa shape index (κ2) is 8.02. The average Bonchev–Trinajstić information content (AvgIpc) is 2.78. The first kappa shape index (κ1) is 18.0. The second-order valence-electron chi connectivity index (χ2n) is 6.35. The first-order valence-corrected chi connectivity index (χ1v) is 9.48. The molecule has 25 heavy (non-hydrogen) atoms. The summed E-state index contributed by atoms with van der Waals surface area (Å²) in [7, 11) is 0. The standard InChI is InChI=1S/C20H23FN2OS/c1-14-11-12-23(18-9-5-6-10-19(18)25-14)20(24)13-22-15(2)16-7-3-4-8-17(16)21/h3-10,14-15,22H,11-13H2,1-2H3. The molecule has 1 heterocycles. The third-order valence-electron chi connectivity index (χ3n) is 4.48. The molecular weight excluding hydrogens is 335 g/mol. The number of rotatable bonds is 4. The summed E-state index contributed by atoms with van der Waals surface area (Å²) in [6, 6.07) is 14.5. The Balaban J connectivity index is 1.70. The number of anilines is 1. The molecule has 0 aliphatic carbocycles. The molecule has 0 radical (unpaired) electrons. The first-order valence-electron chi connectivity index (χ1n) is 8.60. The fourth-order valence-corrected chi connectivity index (χ4v) is 4.13. The quantitative estimate of drug-likeness (QED) is 0.879. The Morgan fingerprint density at radius 3 is 2.80 bits per heavy atom. The summed E-state index contributed by atoms with van der Waals surface area (Å²) in [6.45, 7) is 4.95. The molecule has 5 heteroatoms. The minimum absolute atomic E-state index is 0.0188. The van der Waals surface area contributed by atoms with Crippen molar-refractivity contribution in [2.45, 2.75) is 36.5 Å². The van der Waals surface area contributed by atoms with Gasteiger partial charge in [-0.1, -0.05) is 37.3 Å². The predicted octanol–water partition coefficient (Wildman–Crippen LogP) is 4.39. The van der Waals surface area contributed by atoms with E-state index in [1.807, 2.05) is 47.9 Å². The zero-order valence-electron chi connectivity index (χ0n) is 14.5. The van der Waals surface area contributed by atoms with Crippen LogP contribution in [-0.4, -0.2) is 24.2 Å². The number of carbonyl (C=O) groups is 1. The molecule has 0 saturated carbocycles. The van der Waals surface area contributed by atoms with Crippen LogP contribution in [0.1, 0.15) is 31.9 Å². The summed E-state index contributed by atoms with van der Waals surface area (Å²) in [6.07, 6.45) is 0.952. The van der Waals surface area contributed by atoms with E-state index in [1.165, 1.54) is 6.07 Å². The van der Waals surface area contributed by atoms with Crippen LogP contribution in [0.3, 0.4) is 0 Å². The van der Waals surface area contributed by atoms with E-state index in [9.17, 15) is 9.18 Å². The van der Waals surface area contributed by atoms with E-state index in [0.29, 0.717) is 17.4 Å². The highest BCUT2D eigenvalue weighted by molar-refractivity contribution is 8.00. The number of halogens is 1. The Labute approximate surface area is 152 Å². The van der Waals surface area contributed by atoms with Crippen LogP contribution in [0.5, 0.6) is 0 Å². The van der Waals surface area contributed by atoms with Gasteiger partial charge in [-0.2, -0.15) is 0 Å². The third kappa shape index (κ3) is 4.22. The minimum atomic E-state index is -0.250. The molecule has 1 amide bonds. The van der Waals surface area contributed by atoms with Gasteiger partial charge in [-0.3, -0.25) is 4.79 Å². The molecule has 2 atom stereocenters. The number of hydrogen-bond acceptors (Lipinski definition) is 3. The molecule has 3 nitrogen and oxygen atoms in total. The van der Waals surface area contributed by atoms with Crippen molar-refractivity contribution < 1.29 is 9.18 Å². The minimum Gasteiger partial charge on any atom is -0.310 e. The van der Waals surface area contributed by atoms with Gasteiger partial charge in [-0.25, -0.2) is 4.39 Å². The molecule has 0 aromatic heterocycles. The Bertz CT molecular complexity index is 752. The monoisotopic (exact) mass is 358 g/mol. The summed E-state index contributed by atoms with van der Waals surface area (Å²) in [4.78, 5) is 15.8. The van der Waals surface area contributed by atoms with E-state index in [2.05, 4.69) is 18.3 Å². The number of carbonyl (C=O) groups excluding carboxylic acids is 1. The van der Waals surface area contributed by atoms with E-state index in [-0.39, 0.29) is 24.3 Å². The molecule has 3 rings (SSSR count). The predicted molar refractivity (Wildman–Crippen MR) is 102 cm³/mol. The van der Waals surface area contributed by atoms with E-state index in [4.69, 9.17) is 0 Å². The van der Waals surface area contributed by atoms with Gasteiger partial charge < -0.3 is 10.2 Å². The summed E-state index contributed by atoms with van der Waals surface area (Å²) in [5.41, 5.74) is 1.55. The van der Waals surface area contributed by atoms with Crippen molar-refractivity contribution in [3.63, 3.8) is 0 Å². The van der Waals surface area contributed by atoms with Gasteiger partial charge in [-0.05, 0) is 31.5 Å². The molecule has 2 aromatic carbocycles. The Morgan fingerprint density at radius 2 is 2.00 bits per heavy atom. The molecule has 1 aliphatic rings. The SMILES string of the molecule is CC1CCN(C(=O)CNC(C)c2ccccc2F)c2ccccc2S1. The van der Waals surface area contributed by atoms with E-state index >= 15 is 0 Å². The summed E-state index contributed by atoms with van der Waals surface area (Å²) < 4.78 is 13.9. The molecule has 2 unspecified atom stereocenters. The lowest BCUT2D eigenvalue weighted by Crippen LogP contribution is -2.40. The first-order chi connectivity index (χ1) is 12.1. The van der Waals surface area contributed by atoms with Crippen molar-refractivity contribution in [1.29, 1.82) is 0 Å². The van der Waals surface area contributed by atoms with Crippen LogP contribution in [-0.2, 0) is 4.79 Å². The molecule has 0 saturated heterocycles. The van der Waals surface area contributed by atoms with Gasteiger partial charge in [0, 0.05) is 28.3 Å². The number of amides is 1. The van der Waals surface area contributed by atoms with Crippen LogP contribution in [0.25, 0.3) is 0 Å². The summed E-state index contributed by atoms with van der Waals surface area (Å²) >= 11 is 1.81. The average molecular weight is 358 g/mol. The van der Waals surface area contributed by atoms with Crippen LogP contribution >= 0.6 is 11.8 Å². The molecule has 1 N–H and O–H groups in total. The Hall–Kier alpha value is -1.85. The molecule has 132 valence electrons. The van der Waals surface area contributed by atoms with Crippen molar-refractivity contribution in [2.24, 2.45) is 0 Å². The molecular formula is C20H23FN2OS. The fraction of sp³-hybridized carbons (Fsp3) is 0.350. The maximum absolute atomic E-state index is 13.9. The van der Waals surface area contributed by atoms with Crippen LogP contribution < -0.4 is 10.2 Å². The van der Waals surface area contributed by atoms with Crippen molar-refractivity contribution >= 4 is 23.4 Å². The molecule has 0 spiro atoms. The maximum Gasteiger partial charge on any atom is 0.240 e. The zero-order valence-corrected chi connectivity index (χ0v) is 15.4. The van der Waals surface area contributed by atoms with E-state index in [0.717, 1.165) is 17.0 Å². The van der Waals surface area contributed by atoms with Gasteiger partial charge >= 0.3 is 0 Å². The number of nitrogens with one attached hydrogen (secondary N) is 1. The largest absolute Gasteiger partial charge is 0.310 e. The maximum atomic E-state index is 13.9. The number of nitrogens with zero attached hydrogens (tertiary/aromatic N) is 1. The molecule has 2 aromatic rings. The number of hydrogen-bond donors (Lipinski definition) is 1. The Kier molecular flexibility index (Phi) is 5.76. The van der Waals surface area contributed by atoms with Crippen molar-refractivity contribution in [2.75, 3.05) is 18.0 Å². The third-order valence-corrected chi connectivity index (χ3v) is 5.71. The van der Waals surface area contributed by atoms with Crippen LogP contribution in [0.4, 0.5) is 10.1 Å². The van der Waals surface area contributed by atoms with Crippen LogP contribution in [0, 0.1) is 5.82 Å². The number of fused-ring (bicyclic) bond motifs is 1. The van der Waals surface area contributed by atoms with Gasteiger partial charge in [0.2, 0.25) is 5.91 Å². The topological polar surface area (TPSA) is 32.3 Å². The van der Waals surface area contributed by atoms with E-state index in [1.54, 1.807) is 12.1 Å². The lowest BCUT2D eigenvalue weighted by molar-refractivity contribution is -0.118. The van der Waals surface area contributed by atoms with Gasteiger partial charge in [0.05, 0.1) is 12.2 Å². The van der Waals surface area contributed by atoms with Gasteiger partial charge in [-0.15, -0.1) is 11.8 Å². The number of benzene rings is 2. The van der Waals surface area contributed by atoms with Gasteiger partial charge in [0.25, 0.3) is 0 Å². The lowest BCUT2D eigenvalue weighted by atomic mass is 10.1. The lowest BCUT2D eigenvalue weighted by Gasteiger charge is -2.24. The van der Waals surface area contributed by atoms with Crippen molar-refractivity contribution in [3.8, 4) is 0 Å². The molecule has 0 bridgehead atoms. The molecule has 1 aliphatic heterocycles. The van der Waals surface area contributed by atoms with Crippen LogP contribution in [0.15, 0.2) is 53.4 Å². The van der Waals surface area contributed by atoms with Crippen molar-refractivity contribution in [3.05, 3.63) is 59.9 Å². The van der Waals surface area contributed by atoms with Crippen LogP contribution in [0.2, 0.25) is 0 Å². The summed E-state index contributed by atoms with van der Waals surface area (Å²) in [5, 5.41) is 3.64. The summed E-state index contributed by atoms with van der Waals surface area (Å²) in [5.74, 6) is -0.231. The molecule has 0 fully saturated rings. The van der Waals surface area contributed by atoms with Gasteiger partial charge in [0.1, 0.15) is 5.82 Å². The normalized spacial score (nSPS) is 18.4. The smallest absolute Gasteiger partial charge is 0.240 e. The number of thioether (sulfide) groups is 1. The Morgan fingerprint density at radius 1 is 1.28 bits per heavy atom. The zero-order chi connectivity index (χ0) is 17.8. The van der Waals surface area contributed by atoms with Gasteiger partial charge in [0.15, 0.2) is 0 Å². The van der Waals surface area contributed by atoms with Crippen molar-refractivity contribution in [1.82, 2.24) is 5.32 Å². The highest BCUT2D eigenvalue weighted by Crippen LogP contribution is 2.37. The highest BCUT2D eigenvalue weighted by atomic mass is 32.2.